The summed E-state index contributed by atoms with van der Waals surface area (Å²) < 4.78 is 15.5. The highest BCUT2D eigenvalue weighted by molar-refractivity contribution is 5.86. The van der Waals surface area contributed by atoms with Gasteiger partial charge in [0.25, 0.3) is 0 Å². The molecular formula is C12H21NO4. The van der Waals surface area contributed by atoms with Crippen LogP contribution in [0.1, 0.15) is 13.3 Å². The second kappa shape index (κ2) is 8.22. The van der Waals surface area contributed by atoms with E-state index in [2.05, 4.69) is 11.9 Å². The minimum atomic E-state index is -0.373. The number of carbonyl (C=O) groups is 1. The predicted molar refractivity (Wildman–Crippen MR) is 63.8 cm³/mol. The molecule has 0 bridgehead atoms. The molecule has 0 saturated carbocycles. The lowest BCUT2D eigenvalue weighted by molar-refractivity contribution is -0.140. The van der Waals surface area contributed by atoms with Crippen molar-refractivity contribution in [3.05, 3.63) is 12.2 Å². The van der Waals surface area contributed by atoms with E-state index >= 15 is 0 Å². The molecule has 0 spiro atoms. The van der Waals surface area contributed by atoms with Crippen molar-refractivity contribution in [1.29, 1.82) is 0 Å². The molecule has 1 N–H and O–H groups in total. The van der Waals surface area contributed by atoms with Crippen LogP contribution >= 0.6 is 0 Å². The number of nitrogens with one attached hydrogen (secondary N) is 1. The first kappa shape index (κ1) is 14.2. The first-order chi connectivity index (χ1) is 8.20. The molecule has 0 aromatic rings. The SMILES string of the molecule is C=C(C)C(=O)OCCOCCOCCC1CN1. The highest BCUT2D eigenvalue weighted by Gasteiger charge is 2.18. The van der Waals surface area contributed by atoms with E-state index in [4.69, 9.17) is 14.2 Å². The summed E-state index contributed by atoms with van der Waals surface area (Å²) in [7, 11) is 0. The molecule has 1 atom stereocenters. The Morgan fingerprint density at radius 3 is 2.41 bits per heavy atom. The third-order valence-electron chi connectivity index (χ3n) is 2.28. The van der Waals surface area contributed by atoms with E-state index < -0.39 is 0 Å². The second-order valence-corrected chi connectivity index (χ2v) is 4.03. The van der Waals surface area contributed by atoms with Crippen molar-refractivity contribution in [1.82, 2.24) is 5.32 Å². The van der Waals surface area contributed by atoms with Crippen molar-refractivity contribution in [2.75, 3.05) is 39.6 Å². The highest BCUT2D eigenvalue weighted by Crippen LogP contribution is 2.01. The van der Waals surface area contributed by atoms with Gasteiger partial charge in [-0.05, 0) is 13.3 Å². The summed E-state index contributed by atoms with van der Waals surface area (Å²) in [6, 6.07) is 0.664. The monoisotopic (exact) mass is 243 g/mol. The number of carbonyl (C=O) groups excluding carboxylic acids is 1. The van der Waals surface area contributed by atoms with Crippen LogP contribution in [0.15, 0.2) is 12.2 Å². The van der Waals surface area contributed by atoms with Crippen molar-refractivity contribution < 1.29 is 19.0 Å². The van der Waals surface area contributed by atoms with Crippen molar-refractivity contribution in [2.45, 2.75) is 19.4 Å². The molecule has 5 heteroatoms. The maximum absolute atomic E-state index is 11.0. The minimum Gasteiger partial charge on any atom is -0.460 e. The van der Waals surface area contributed by atoms with Gasteiger partial charge in [-0.3, -0.25) is 0 Å². The lowest BCUT2D eigenvalue weighted by Gasteiger charge is -2.06. The zero-order valence-corrected chi connectivity index (χ0v) is 10.4. The molecule has 1 aliphatic heterocycles. The normalized spacial score (nSPS) is 17.8. The summed E-state index contributed by atoms with van der Waals surface area (Å²) in [5, 5.41) is 3.21. The third kappa shape index (κ3) is 7.90. The van der Waals surface area contributed by atoms with Gasteiger partial charge in [-0.15, -0.1) is 0 Å². The van der Waals surface area contributed by atoms with Crippen LogP contribution in [0.25, 0.3) is 0 Å². The molecule has 0 aliphatic carbocycles. The summed E-state index contributed by atoms with van der Waals surface area (Å²) in [5.41, 5.74) is 0.405. The fourth-order valence-electron chi connectivity index (χ4n) is 1.15. The van der Waals surface area contributed by atoms with E-state index in [0.717, 1.165) is 19.6 Å². The van der Waals surface area contributed by atoms with E-state index in [1.807, 2.05) is 0 Å². The van der Waals surface area contributed by atoms with E-state index in [1.54, 1.807) is 6.92 Å². The van der Waals surface area contributed by atoms with E-state index in [-0.39, 0.29) is 12.6 Å². The summed E-state index contributed by atoms with van der Waals surface area (Å²) in [4.78, 5) is 11.0. The number of hydrogen-bond acceptors (Lipinski definition) is 5. The van der Waals surface area contributed by atoms with Crippen LogP contribution in [0, 0.1) is 0 Å². The van der Waals surface area contributed by atoms with Gasteiger partial charge in [0.1, 0.15) is 6.61 Å². The number of ether oxygens (including phenoxy) is 3. The summed E-state index contributed by atoms with van der Waals surface area (Å²) in [6.45, 7) is 8.76. The maximum Gasteiger partial charge on any atom is 0.333 e. The topological polar surface area (TPSA) is 66.7 Å². The largest absolute Gasteiger partial charge is 0.460 e. The van der Waals surface area contributed by atoms with Crippen molar-refractivity contribution >= 4 is 5.97 Å². The number of rotatable bonds is 10. The molecule has 1 fully saturated rings. The van der Waals surface area contributed by atoms with Gasteiger partial charge in [-0.25, -0.2) is 4.79 Å². The van der Waals surface area contributed by atoms with E-state index in [9.17, 15) is 4.79 Å². The molecule has 0 radical (unpaired) electrons. The zero-order chi connectivity index (χ0) is 12.5. The van der Waals surface area contributed by atoms with Crippen LogP contribution in [0.2, 0.25) is 0 Å². The van der Waals surface area contributed by atoms with E-state index in [1.165, 1.54) is 0 Å². The molecule has 1 rings (SSSR count). The highest BCUT2D eigenvalue weighted by atomic mass is 16.6. The Balaban J connectivity index is 1.74. The predicted octanol–water partition coefficient (Wildman–Crippen LogP) is 0.501. The second-order valence-electron chi connectivity index (χ2n) is 4.03. The minimum absolute atomic E-state index is 0.262. The Labute approximate surface area is 102 Å². The van der Waals surface area contributed by atoms with Crippen LogP contribution in [0.3, 0.4) is 0 Å². The average molecular weight is 243 g/mol. The smallest absolute Gasteiger partial charge is 0.333 e. The molecule has 1 aliphatic rings. The maximum atomic E-state index is 11.0. The van der Waals surface area contributed by atoms with Crippen LogP contribution < -0.4 is 5.32 Å². The summed E-state index contributed by atoms with van der Waals surface area (Å²) in [5.74, 6) is -0.373. The van der Waals surface area contributed by atoms with Gasteiger partial charge in [-0.1, -0.05) is 6.58 Å². The van der Waals surface area contributed by atoms with Crippen molar-refractivity contribution in [3.8, 4) is 0 Å². The Hall–Kier alpha value is -0.910. The molecule has 1 saturated heterocycles. The Morgan fingerprint density at radius 2 is 1.82 bits per heavy atom. The van der Waals surface area contributed by atoms with Crippen LogP contribution in [0.4, 0.5) is 0 Å². The van der Waals surface area contributed by atoms with Crippen LogP contribution in [-0.2, 0) is 19.0 Å². The van der Waals surface area contributed by atoms with Gasteiger partial charge >= 0.3 is 5.97 Å². The molecule has 0 amide bonds. The van der Waals surface area contributed by atoms with Gasteiger partial charge in [-0.2, -0.15) is 0 Å². The molecular weight excluding hydrogens is 222 g/mol. The van der Waals surface area contributed by atoms with Crippen LogP contribution in [-0.4, -0.2) is 51.6 Å². The Morgan fingerprint density at radius 1 is 1.24 bits per heavy atom. The Bertz CT molecular complexity index is 251. The van der Waals surface area contributed by atoms with Gasteiger partial charge in [0.05, 0.1) is 19.8 Å². The van der Waals surface area contributed by atoms with Crippen molar-refractivity contribution in [3.63, 3.8) is 0 Å². The fourth-order valence-corrected chi connectivity index (χ4v) is 1.15. The molecule has 17 heavy (non-hydrogen) atoms. The quantitative estimate of drug-likeness (QED) is 0.262. The molecule has 1 heterocycles. The lowest BCUT2D eigenvalue weighted by atomic mass is 10.3. The molecule has 0 aromatic heterocycles. The molecule has 0 aromatic carbocycles. The fraction of sp³-hybridized carbons (Fsp3) is 0.750. The standard InChI is InChI=1S/C12H21NO4/c1-10(2)12(14)17-8-7-16-6-5-15-4-3-11-9-13-11/h11,13H,1,3-9H2,2H3. The molecule has 5 nitrogen and oxygen atoms in total. The van der Waals surface area contributed by atoms with Crippen molar-refractivity contribution in [2.24, 2.45) is 0 Å². The van der Waals surface area contributed by atoms with Gasteiger partial charge in [0.2, 0.25) is 0 Å². The first-order valence-corrected chi connectivity index (χ1v) is 5.91. The Kier molecular flexibility index (Phi) is 6.84. The van der Waals surface area contributed by atoms with Crippen LogP contribution in [0.5, 0.6) is 0 Å². The number of hydrogen-bond donors (Lipinski definition) is 1. The van der Waals surface area contributed by atoms with Gasteiger partial charge in [0, 0.05) is 24.8 Å². The third-order valence-corrected chi connectivity index (χ3v) is 2.28. The lowest BCUT2D eigenvalue weighted by Crippen LogP contribution is -2.13. The zero-order valence-electron chi connectivity index (χ0n) is 10.4. The summed E-state index contributed by atoms with van der Waals surface area (Å²) in [6.07, 6.45) is 1.07. The first-order valence-electron chi connectivity index (χ1n) is 5.91. The summed E-state index contributed by atoms with van der Waals surface area (Å²) >= 11 is 0. The molecule has 98 valence electrons. The van der Waals surface area contributed by atoms with Gasteiger partial charge in [0.15, 0.2) is 0 Å². The van der Waals surface area contributed by atoms with Gasteiger partial charge < -0.3 is 19.5 Å². The van der Waals surface area contributed by atoms with E-state index in [0.29, 0.717) is 31.4 Å². The number of esters is 1. The molecule has 1 unspecified atom stereocenters. The average Bonchev–Trinajstić information content (AvgIpc) is 3.10.